The highest BCUT2D eigenvalue weighted by Gasteiger charge is 2.46. The van der Waals surface area contributed by atoms with Crippen LogP contribution in [0.25, 0.3) is 21.8 Å². The largest absolute Gasteiger partial charge is 0.480 e. The summed E-state index contributed by atoms with van der Waals surface area (Å²) in [5, 5.41) is 26.2. The van der Waals surface area contributed by atoms with Crippen LogP contribution in [0.2, 0.25) is 0 Å². The molecule has 4 N–H and O–H groups in total. The summed E-state index contributed by atoms with van der Waals surface area (Å²) in [4.78, 5) is 61.8. The molecule has 2 atom stereocenters. The molecule has 0 aliphatic carbocycles. The summed E-state index contributed by atoms with van der Waals surface area (Å²) in [7, 11) is 3.37. The van der Waals surface area contributed by atoms with Gasteiger partial charge in [0.2, 0.25) is 11.8 Å². The molecule has 0 radical (unpaired) electrons. The van der Waals surface area contributed by atoms with Gasteiger partial charge < -0.3 is 10.4 Å². The van der Waals surface area contributed by atoms with Gasteiger partial charge in [0, 0.05) is 50.8 Å². The fraction of sp³-hybridized carbons (Fsp3) is 0.472. The maximum atomic E-state index is 14.8. The number of anilines is 2. The zero-order valence-corrected chi connectivity index (χ0v) is 31.8. The summed E-state index contributed by atoms with van der Waals surface area (Å²) in [5.41, 5.74) is 2.28. The van der Waals surface area contributed by atoms with Crippen LogP contribution in [0.15, 0.2) is 36.4 Å². The van der Waals surface area contributed by atoms with E-state index in [9.17, 15) is 41.5 Å². The molecule has 0 bridgehead atoms. The number of fused-ring (bicyclic) bond motifs is 2. The lowest BCUT2D eigenvalue weighted by Gasteiger charge is -2.37. The minimum Gasteiger partial charge on any atom is -0.480 e. The van der Waals surface area contributed by atoms with E-state index in [0.717, 1.165) is 0 Å². The second-order valence-corrected chi connectivity index (χ2v) is 14.4. The monoisotopic (exact) mass is 820 g/mol. The number of carboxylic acid groups (broad SMARTS) is 1. The maximum Gasteiger partial charge on any atom is 0.329 e. The van der Waals surface area contributed by atoms with E-state index in [0.29, 0.717) is 57.5 Å². The first-order valence-corrected chi connectivity index (χ1v) is 18.1. The second kappa shape index (κ2) is 15.9. The number of alkyl halides is 4. The SMILES string of the molecule is Cl.Cn1nc(N2CCC(=O)NC2=O)c2ccc([C@H]3CCN(CC(=O)O)CC3(F)F)cc21.Cn1nc(N2CCC(=O)NC2=O)c2ccc([C@H]3CCNCC3(F)F)cc21. The molecule has 4 fully saturated rings. The summed E-state index contributed by atoms with van der Waals surface area (Å²) < 4.78 is 61.2. The van der Waals surface area contributed by atoms with E-state index in [1.54, 1.807) is 55.2 Å². The third-order valence-electron chi connectivity index (χ3n) is 10.7. The van der Waals surface area contributed by atoms with Gasteiger partial charge in [-0.05, 0) is 61.3 Å². The first-order valence-electron chi connectivity index (χ1n) is 18.1. The van der Waals surface area contributed by atoms with Crippen molar-refractivity contribution in [3.05, 3.63) is 47.5 Å². The van der Waals surface area contributed by atoms with Gasteiger partial charge in [-0.3, -0.25) is 49.1 Å². The van der Waals surface area contributed by atoms with Crippen molar-refractivity contribution in [2.45, 2.75) is 49.4 Å². The molecule has 6 amide bonds. The molecular weight excluding hydrogens is 780 g/mol. The number of piperidine rings is 2. The van der Waals surface area contributed by atoms with E-state index in [2.05, 4.69) is 26.1 Å². The van der Waals surface area contributed by atoms with E-state index < -0.39 is 54.8 Å². The van der Waals surface area contributed by atoms with Crippen LogP contribution in [0.3, 0.4) is 0 Å². The van der Waals surface area contributed by atoms with Gasteiger partial charge in [0.25, 0.3) is 11.8 Å². The van der Waals surface area contributed by atoms with Crippen LogP contribution in [0.4, 0.5) is 38.8 Å². The highest BCUT2D eigenvalue weighted by molar-refractivity contribution is 6.10. The average molecular weight is 821 g/mol. The zero-order valence-electron chi connectivity index (χ0n) is 30.9. The van der Waals surface area contributed by atoms with Crippen molar-refractivity contribution in [1.29, 1.82) is 0 Å². The Morgan fingerprint density at radius 3 is 1.70 bits per heavy atom. The first-order chi connectivity index (χ1) is 26.5. The van der Waals surface area contributed by atoms with E-state index in [1.165, 1.54) is 19.4 Å². The number of benzene rings is 2. The Morgan fingerprint density at radius 1 is 0.772 bits per heavy atom. The number of imide groups is 2. The van der Waals surface area contributed by atoms with E-state index in [1.807, 2.05) is 0 Å². The number of halogens is 5. The Labute approximate surface area is 328 Å². The summed E-state index contributed by atoms with van der Waals surface area (Å²) >= 11 is 0. The van der Waals surface area contributed by atoms with E-state index in [4.69, 9.17) is 5.11 Å². The number of nitrogens with one attached hydrogen (secondary N) is 3. The highest BCUT2D eigenvalue weighted by atomic mass is 35.5. The minimum absolute atomic E-state index is 0. The number of amides is 6. The van der Waals surface area contributed by atoms with Crippen LogP contribution in [-0.2, 0) is 28.5 Å². The summed E-state index contributed by atoms with van der Waals surface area (Å²) in [5.74, 6) is -8.77. The van der Waals surface area contributed by atoms with Crippen molar-refractivity contribution in [1.82, 2.24) is 40.4 Å². The summed E-state index contributed by atoms with van der Waals surface area (Å²) in [6, 6.07) is 8.97. The Kier molecular flexibility index (Phi) is 11.5. The molecule has 0 saturated carbocycles. The Morgan fingerprint density at radius 2 is 1.26 bits per heavy atom. The number of likely N-dealkylation sites (tertiary alicyclic amines) is 1. The maximum absolute atomic E-state index is 14.8. The van der Waals surface area contributed by atoms with Crippen LogP contribution < -0.4 is 25.8 Å². The van der Waals surface area contributed by atoms with E-state index >= 15 is 0 Å². The molecule has 4 aliphatic rings. The van der Waals surface area contributed by atoms with Crippen LogP contribution in [-0.4, -0.2) is 117 Å². The van der Waals surface area contributed by atoms with Gasteiger partial charge in [-0.1, -0.05) is 12.1 Å². The van der Waals surface area contributed by atoms with Gasteiger partial charge in [-0.25, -0.2) is 27.2 Å². The molecule has 57 heavy (non-hydrogen) atoms. The minimum atomic E-state index is -3.07. The molecular formula is C36H41ClF4N10O6. The second-order valence-electron chi connectivity index (χ2n) is 14.4. The van der Waals surface area contributed by atoms with Crippen molar-refractivity contribution < 1.29 is 46.6 Å². The summed E-state index contributed by atoms with van der Waals surface area (Å²) in [6.45, 7) is -0.0918. The van der Waals surface area contributed by atoms with Crippen molar-refractivity contribution in [2.24, 2.45) is 14.1 Å². The molecule has 21 heteroatoms. The number of urea groups is 2. The smallest absolute Gasteiger partial charge is 0.329 e. The standard InChI is InChI=1S/C19H21F2N5O4.C17H19F2N5O2.ClH/c1-24-14-8-11(13-4-6-25(9-16(28)29)10-19(13,20)21)2-3-12(14)17(23-24)26-7-5-15(27)22-18(26)30;1-23-13-8-10(12-4-6-20-9-17(12,18)19)2-3-11(13)15(22-23)24-7-5-14(25)21-16(24)26;/h2-3,8,13H,4-7,9-10H2,1H3,(H,28,29)(H,22,27,30);2-3,8,12,20H,4-7,9H2,1H3,(H,21,25,26);1H/t13-;12-;/m11./s1. The Bertz CT molecular complexity index is 2250. The molecule has 6 heterocycles. The van der Waals surface area contributed by atoms with Crippen LogP contribution in [0.5, 0.6) is 0 Å². The zero-order chi connectivity index (χ0) is 40.1. The fourth-order valence-electron chi connectivity index (χ4n) is 7.87. The molecule has 2 aromatic heterocycles. The van der Waals surface area contributed by atoms with Gasteiger partial charge >= 0.3 is 18.0 Å². The molecule has 4 aromatic rings. The van der Waals surface area contributed by atoms with Crippen LogP contribution in [0, 0.1) is 0 Å². The number of nitrogens with zero attached hydrogens (tertiary/aromatic N) is 7. The predicted octanol–water partition coefficient (Wildman–Crippen LogP) is 3.68. The normalized spacial score (nSPS) is 22.4. The average Bonchev–Trinajstić information content (AvgIpc) is 3.62. The lowest BCUT2D eigenvalue weighted by molar-refractivity contribution is -0.142. The third kappa shape index (κ3) is 8.24. The quantitative estimate of drug-likeness (QED) is 0.209. The van der Waals surface area contributed by atoms with Crippen molar-refractivity contribution in [3.63, 3.8) is 0 Å². The Balaban J connectivity index is 0.000000191. The van der Waals surface area contributed by atoms with Gasteiger partial charge in [-0.2, -0.15) is 10.2 Å². The van der Waals surface area contributed by atoms with Crippen molar-refractivity contribution >= 4 is 75.7 Å². The van der Waals surface area contributed by atoms with Gasteiger partial charge in [0.05, 0.1) is 42.5 Å². The molecule has 4 aliphatic heterocycles. The summed E-state index contributed by atoms with van der Waals surface area (Å²) in [6.07, 6.45) is 0.846. The van der Waals surface area contributed by atoms with Crippen LogP contribution >= 0.6 is 12.4 Å². The molecule has 16 nitrogen and oxygen atoms in total. The number of aliphatic carboxylic acids is 1. The third-order valence-corrected chi connectivity index (χ3v) is 10.7. The Hall–Kier alpha value is -5.34. The molecule has 0 unspecified atom stereocenters. The lowest BCUT2D eigenvalue weighted by Crippen LogP contribution is -2.49. The number of hydrogen-bond acceptors (Lipinski definition) is 9. The highest BCUT2D eigenvalue weighted by Crippen LogP contribution is 2.42. The van der Waals surface area contributed by atoms with Crippen molar-refractivity contribution in [2.75, 3.05) is 55.6 Å². The molecule has 2 aromatic carbocycles. The number of carbonyl (C=O) groups is 5. The van der Waals surface area contributed by atoms with E-state index in [-0.39, 0.29) is 69.7 Å². The molecule has 8 rings (SSSR count). The number of carboxylic acids is 1. The number of aryl methyl sites for hydroxylation is 2. The predicted molar refractivity (Wildman–Crippen MR) is 201 cm³/mol. The molecule has 0 spiro atoms. The molecule has 306 valence electrons. The molecule has 4 saturated heterocycles. The topological polar surface area (TPSA) is 187 Å². The number of carbonyl (C=O) groups excluding carboxylic acids is 4. The number of hydrogen-bond donors (Lipinski definition) is 4. The number of rotatable bonds is 6. The van der Waals surface area contributed by atoms with Gasteiger partial charge in [0.15, 0.2) is 11.6 Å². The van der Waals surface area contributed by atoms with Crippen molar-refractivity contribution in [3.8, 4) is 0 Å². The number of aromatic nitrogens is 4. The fourth-order valence-corrected chi connectivity index (χ4v) is 7.87. The van der Waals surface area contributed by atoms with Gasteiger partial charge in [0.1, 0.15) is 0 Å². The lowest BCUT2D eigenvalue weighted by atomic mass is 9.86. The van der Waals surface area contributed by atoms with Crippen LogP contribution in [0.1, 0.15) is 48.6 Å². The van der Waals surface area contributed by atoms with Gasteiger partial charge in [-0.15, -0.1) is 12.4 Å². The first kappa shape index (κ1) is 41.3.